The molecule has 4 rings (SSSR count). The lowest BCUT2D eigenvalue weighted by molar-refractivity contribution is 0.0945. The highest BCUT2D eigenvalue weighted by Crippen LogP contribution is 2.19. The summed E-state index contributed by atoms with van der Waals surface area (Å²) < 4.78 is 13.1. The molecule has 148 valence electrons. The van der Waals surface area contributed by atoms with E-state index in [0.29, 0.717) is 12.2 Å². The Morgan fingerprint density at radius 1 is 0.897 bits per heavy atom. The predicted molar refractivity (Wildman–Crippen MR) is 110 cm³/mol. The van der Waals surface area contributed by atoms with Crippen molar-refractivity contribution in [1.82, 2.24) is 15.3 Å². The number of rotatable bonds is 5. The van der Waals surface area contributed by atoms with Crippen molar-refractivity contribution in [3.05, 3.63) is 84.1 Å². The Labute approximate surface area is 169 Å². The molecule has 0 unspecified atom stereocenters. The Kier molecular flexibility index (Phi) is 5.65. The molecule has 0 saturated carbocycles. The minimum Gasteiger partial charge on any atom is -0.368 e. The number of hydrogen-bond acceptors (Lipinski definition) is 5. The van der Waals surface area contributed by atoms with Crippen molar-refractivity contribution in [3.8, 4) is 0 Å². The zero-order chi connectivity index (χ0) is 20.1. The summed E-state index contributed by atoms with van der Waals surface area (Å²) >= 11 is 0. The molecule has 3 aromatic rings. The molecule has 0 radical (unpaired) electrons. The first-order valence-electron chi connectivity index (χ1n) is 9.59. The van der Waals surface area contributed by atoms with Crippen molar-refractivity contribution in [2.75, 3.05) is 36.0 Å². The van der Waals surface area contributed by atoms with Gasteiger partial charge in [0.1, 0.15) is 17.3 Å². The minimum atomic E-state index is -0.242. The van der Waals surface area contributed by atoms with Crippen LogP contribution in [0.3, 0.4) is 0 Å². The number of halogens is 1. The highest BCUT2D eigenvalue weighted by atomic mass is 19.1. The van der Waals surface area contributed by atoms with Gasteiger partial charge in [0.15, 0.2) is 0 Å². The van der Waals surface area contributed by atoms with Crippen LogP contribution in [0.1, 0.15) is 16.1 Å². The smallest absolute Gasteiger partial charge is 0.271 e. The fraction of sp³-hybridized carbons (Fsp3) is 0.227. The zero-order valence-corrected chi connectivity index (χ0v) is 16.0. The van der Waals surface area contributed by atoms with E-state index >= 15 is 0 Å². The molecule has 6 nitrogen and oxygen atoms in total. The number of anilines is 2. The molecule has 2 heterocycles. The molecule has 1 saturated heterocycles. The van der Waals surface area contributed by atoms with E-state index in [4.69, 9.17) is 0 Å². The Balaban J connectivity index is 1.31. The monoisotopic (exact) mass is 391 g/mol. The lowest BCUT2D eigenvalue weighted by atomic mass is 10.2. The normalized spacial score (nSPS) is 14.0. The SMILES string of the molecule is O=C(NCc1ccccc1)c1cnc(N2CCN(c3ccc(F)cc3)CC2)cn1. The fourth-order valence-corrected chi connectivity index (χ4v) is 3.32. The molecule has 0 aliphatic carbocycles. The summed E-state index contributed by atoms with van der Waals surface area (Å²) in [6.07, 6.45) is 3.16. The van der Waals surface area contributed by atoms with Crippen molar-refractivity contribution >= 4 is 17.4 Å². The fourth-order valence-electron chi connectivity index (χ4n) is 3.32. The van der Waals surface area contributed by atoms with Gasteiger partial charge in [-0.3, -0.25) is 4.79 Å². The summed E-state index contributed by atoms with van der Waals surface area (Å²) in [6, 6.07) is 16.3. The molecule has 1 amide bonds. The van der Waals surface area contributed by atoms with Crippen LogP contribution in [0.5, 0.6) is 0 Å². The lowest BCUT2D eigenvalue weighted by Crippen LogP contribution is -2.46. The number of hydrogen-bond donors (Lipinski definition) is 1. The number of nitrogens with one attached hydrogen (secondary N) is 1. The number of carbonyl (C=O) groups excluding carboxylic acids is 1. The van der Waals surface area contributed by atoms with Gasteiger partial charge in [-0.15, -0.1) is 0 Å². The van der Waals surface area contributed by atoms with Crippen LogP contribution in [0.2, 0.25) is 0 Å². The van der Waals surface area contributed by atoms with Crippen molar-refractivity contribution in [3.63, 3.8) is 0 Å². The Morgan fingerprint density at radius 2 is 1.59 bits per heavy atom. The van der Waals surface area contributed by atoms with Crippen LogP contribution in [0.15, 0.2) is 67.0 Å². The standard InChI is InChI=1S/C22H22FN5O/c23-18-6-8-19(9-7-18)27-10-12-28(13-11-27)21-16-24-20(15-25-21)22(29)26-14-17-4-2-1-3-5-17/h1-9,15-16H,10-14H2,(H,26,29). The topological polar surface area (TPSA) is 61.4 Å². The number of aromatic nitrogens is 2. The van der Waals surface area contributed by atoms with Gasteiger partial charge in [-0.05, 0) is 29.8 Å². The van der Waals surface area contributed by atoms with Crippen molar-refractivity contribution in [2.24, 2.45) is 0 Å². The van der Waals surface area contributed by atoms with Crippen LogP contribution in [-0.4, -0.2) is 42.1 Å². The van der Waals surface area contributed by atoms with Crippen LogP contribution in [0.25, 0.3) is 0 Å². The average Bonchev–Trinajstić information content (AvgIpc) is 2.79. The van der Waals surface area contributed by atoms with E-state index in [1.54, 1.807) is 18.3 Å². The van der Waals surface area contributed by atoms with Crippen LogP contribution >= 0.6 is 0 Å². The van der Waals surface area contributed by atoms with E-state index in [1.165, 1.54) is 18.3 Å². The van der Waals surface area contributed by atoms with E-state index in [2.05, 4.69) is 25.1 Å². The molecule has 0 atom stereocenters. The second-order valence-corrected chi connectivity index (χ2v) is 6.88. The quantitative estimate of drug-likeness (QED) is 0.725. The van der Waals surface area contributed by atoms with Gasteiger partial charge in [0.05, 0.1) is 12.4 Å². The maximum atomic E-state index is 13.1. The average molecular weight is 391 g/mol. The summed E-state index contributed by atoms with van der Waals surface area (Å²) in [7, 11) is 0. The van der Waals surface area contributed by atoms with Crippen molar-refractivity contribution in [2.45, 2.75) is 6.54 Å². The first-order chi connectivity index (χ1) is 14.2. The summed E-state index contributed by atoms with van der Waals surface area (Å²) in [5.74, 6) is 0.285. The molecule has 1 fully saturated rings. The summed E-state index contributed by atoms with van der Waals surface area (Å²) in [6.45, 7) is 3.64. The minimum absolute atomic E-state index is 0.226. The van der Waals surface area contributed by atoms with Gasteiger partial charge >= 0.3 is 0 Å². The van der Waals surface area contributed by atoms with Crippen molar-refractivity contribution < 1.29 is 9.18 Å². The Morgan fingerprint density at radius 3 is 2.24 bits per heavy atom. The van der Waals surface area contributed by atoms with Gasteiger partial charge in [0, 0.05) is 38.4 Å². The molecule has 0 bridgehead atoms. The highest BCUT2D eigenvalue weighted by Gasteiger charge is 2.19. The van der Waals surface area contributed by atoms with E-state index < -0.39 is 0 Å². The lowest BCUT2D eigenvalue weighted by Gasteiger charge is -2.36. The summed E-state index contributed by atoms with van der Waals surface area (Å²) in [5.41, 5.74) is 2.35. The van der Waals surface area contributed by atoms with E-state index in [-0.39, 0.29) is 11.7 Å². The zero-order valence-electron chi connectivity index (χ0n) is 16.0. The first kappa shape index (κ1) is 18.9. The highest BCUT2D eigenvalue weighted by molar-refractivity contribution is 5.91. The van der Waals surface area contributed by atoms with Crippen LogP contribution in [-0.2, 0) is 6.54 Å². The Hall–Kier alpha value is -3.48. The van der Waals surface area contributed by atoms with Gasteiger partial charge in [0.2, 0.25) is 0 Å². The number of piperazine rings is 1. The van der Waals surface area contributed by atoms with E-state index in [1.807, 2.05) is 30.3 Å². The maximum Gasteiger partial charge on any atom is 0.271 e. The van der Waals surface area contributed by atoms with E-state index in [0.717, 1.165) is 43.2 Å². The third-order valence-corrected chi connectivity index (χ3v) is 4.96. The molecule has 2 aromatic carbocycles. The van der Waals surface area contributed by atoms with E-state index in [9.17, 15) is 9.18 Å². The molecular formula is C22H22FN5O. The molecule has 1 aliphatic heterocycles. The molecule has 7 heteroatoms. The number of nitrogens with zero attached hydrogens (tertiary/aromatic N) is 4. The third-order valence-electron chi connectivity index (χ3n) is 4.96. The second kappa shape index (κ2) is 8.68. The summed E-state index contributed by atoms with van der Waals surface area (Å²) in [5, 5.41) is 2.85. The maximum absolute atomic E-state index is 13.1. The Bertz CT molecular complexity index is 939. The largest absolute Gasteiger partial charge is 0.368 e. The van der Waals surface area contributed by atoms with Gasteiger partial charge in [-0.25, -0.2) is 14.4 Å². The van der Waals surface area contributed by atoms with Gasteiger partial charge in [-0.2, -0.15) is 0 Å². The molecule has 29 heavy (non-hydrogen) atoms. The molecule has 1 aromatic heterocycles. The van der Waals surface area contributed by atoms with Crippen LogP contribution < -0.4 is 15.1 Å². The molecule has 0 spiro atoms. The molecule has 1 aliphatic rings. The predicted octanol–water partition coefficient (Wildman–Crippen LogP) is 2.87. The molecule has 1 N–H and O–H groups in total. The van der Waals surface area contributed by atoms with Crippen LogP contribution in [0.4, 0.5) is 15.9 Å². The number of carbonyl (C=O) groups is 1. The second-order valence-electron chi connectivity index (χ2n) is 6.88. The van der Waals surface area contributed by atoms with Gasteiger partial charge < -0.3 is 15.1 Å². The van der Waals surface area contributed by atoms with Crippen LogP contribution in [0, 0.1) is 5.82 Å². The third kappa shape index (κ3) is 4.68. The number of benzene rings is 2. The van der Waals surface area contributed by atoms with Crippen molar-refractivity contribution in [1.29, 1.82) is 0 Å². The number of amides is 1. The molecular weight excluding hydrogens is 369 g/mol. The first-order valence-corrected chi connectivity index (χ1v) is 9.59. The van der Waals surface area contributed by atoms with Gasteiger partial charge in [0.25, 0.3) is 5.91 Å². The summed E-state index contributed by atoms with van der Waals surface area (Å²) in [4.78, 5) is 25.3. The van der Waals surface area contributed by atoms with Gasteiger partial charge in [-0.1, -0.05) is 30.3 Å².